The molecule has 0 bridgehead atoms. The van der Waals surface area contributed by atoms with Crippen LogP contribution in [0, 0.1) is 13.8 Å². The molecule has 4 heterocycles. The molecular formula is C24H27N5S. The van der Waals surface area contributed by atoms with Crippen molar-refractivity contribution >= 4 is 17.3 Å². The third-order valence-electron chi connectivity index (χ3n) is 6.52. The van der Waals surface area contributed by atoms with E-state index in [9.17, 15) is 0 Å². The summed E-state index contributed by atoms with van der Waals surface area (Å²) in [5, 5.41) is 4.46. The number of pyridine rings is 2. The lowest BCUT2D eigenvalue weighted by Crippen LogP contribution is -2.37. The van der Waals surface area contributed by atoms with Crippen molar-refractivity contribution in [2.45, 2.75) is 57.7 Å². The van der Waals surface area contributed by atoms with E-state index in [0.717, 1.165) is 16.6 Å². The highest BCUT2D eigenvalue weighted by molar-refractivity contribution is 7.80. The second-order valence-corrected chi connectivity index (χ2v) is 8.71. The van der Waals surface area contributed by atoms with Crippen molar-refractivity contribution in [3.8, 4) is 5.82 Å². The Bertz CT molecular complexity index is 1040. The van der Waals surface area contributed by atoms with Crippen molar-refractivity contribution in [1.82, 2.24) is 24.8 Å². The fourth-order valence-electron chi connectivity index (χ4n) is 5.20. The van der Waals surface area contributed by atoms with Gasteiger partial charge in [0.25, 0.3) is 0 Å². The van der Waals surface area contributed by atoms with Crippen molar-refractivity contribution in [1.29, 1.82) is 0 Å². The van der Waals surface area contributed by atoms with Crippen molar-refractivity contribution in [3.05, 3.63) is 77.5 Å². The first-order valence-electron chi connectivity index (χ1n) is 10.7. The SMILES string of the molecule is Cc1cc([C@@H]2[C@H](c3ccccn3)NC(=S)N2C2CCCC2)c(C)n1-c1ccccn1. The standard InChI is InChI=1S/C24H27N5S/c1-16-15-19(17(2)28(16)21-12-6-8-14-26-21)23-22(20-11-5-7-13-25-20)27-24(30)29(23)18-9-3-4-10-18/h5-8,11-15,18,22-23H,3-4,9-10H2,1-2H3,(H,27,30)/t22-,23+/m0/s1. The number of nitrogens with zero attached hydrogens (tertiary/aromatic N) is 4. The van der Waals surface area contributed by atoms with Crippen LogP contribution in [0.5, 0.6) is 0 Å². The highest BCUT2D eigenvalue weighted by Gasteiger charge is 2.44. The van der Waals surface area contributed by atoms with Crippen molar-refractivity contribution in [3.63, 3.8) is 0 Å². The van der Waals surface area contributed by atoms with Gasteiger partial charge in [0.2, 0.25) is 0 Å². The Balaban J connectivity index is 1.64. The van der Waals surface area contributed by atoms with Gasteiger partial charge < -0.3 is 14.8 Å². The highest BCUT2D eigenvalue weighted by Crippen LogP contribution is 2.44. The van der Waals surface area contributed by atoms with Crippen molar-refractivity contribution in [2.24, 2.45) is 0 Å². The van der Waals surface area contributed by atoms with Gasteiger partial charge in [-0.15, -0.1) is 0 Å². The van der Waals surface area contributed by atoms with Gasteiger partial charge in [0.05, 0.1) is 17.8 Å². The van der Waals surface area contributed by atoms with Gasteiger partial charge in [-0.25, -0.2) is 4.98 Å². The van der Waals surface area contributed by atoms with E-state index >= 15 is 0 Å². The molecule has 5 rings (SSSR count). The molecule has 3 aromatic heterocycles. The minimum absolute atomic E-state index is 0.0389. The lowest BCUT2D eigenvalue weighted by Gasteiger charge is -2.33. The van der Waals surface area contributed by atoms with Crippen molar-refractivity contribution < 1.29 is 0 Å². The van der Waals surface area contributed by atoms with Crippen LogP contribution in [0.1, 0.15) is 60.4 Å². The lowest BCUT2D eigenvalue weighted by atomic mass is 9.95. The predicted molar refractivity (Wildman–Crippen MR) is 123 cm³/mol. The molecule has 30 heavy (non-hydrogen) atoms. The Hall–Kier alpha value is -2.73. The molecule has 0 aromatic carbocycles. The van der Waals surface area contributed by atoms with Gasteiger partial charge in [0.1, 0.15) is 5.82 Å². The van der Waals surface area contributed by atoms with Crippen molar-refractivity contribution in [2.75, 3.05) is 0 Å². The van der Waals surface area contributed by atoms with Gasteiger partial charge in [0.15, 0.2) is 5.11 Å². The summed E-state index contributed by atoms with van der Waals surface area (Å²) in [6.45, 7) is 4.35. The summed E-state index contributed by atoms with van der Waals surface area (Å²) in [6, 6.07) is 15.1. The molecule has 1 aliphatic heterocycles. The Morgan fingerprint density at radius 3 is 2.40 bits per heavy atom. The molecule has 1 saturated carbocycles. The van der Waals surface area contributed by atoms with E-state index in [0.29, 0.717) is 6.04 Å². The van der Waals surface area contributed by atoms with Crippen LogP contribution in [-0.2, 0) is 0 Å². The Labute approximate surface area is 183 Å². The maximum Gasteiger partial charge on any atom is 0.170 e. The molecule has 3 aromatic rings. The molecule has 5 nitrogen and oxygen atoms in total. The molecule has 6 heteroatoms. The molecule has 2 aliphatic rings. The topological polar surface area (TPSA) is 46.0 Å². The molecule has 1 saturated heterocycles. The van der Waals surface area contributed by atoms with E-state index < -0.39 is 0 Å². The average molecular weight is 418 g/mol. The molecule has 2 fully saturated rings. The summed E-state index contributed by atoms with van der Waals surface area (Å²) in [7, 11) is 0. The van der Waals surface area contributed by atoms with Crippen LogP contribution in [0.25, 0.3) is 5.82 Å². The number of hydrogen-bond donors (Lipinski definition) is 1. The fourth-order valence-corrected chi connectivity index (χ4v) is 5.59. The van der Waals surface area contributed by atoms with Crippen LogP contribution in [0.3, 0.4) is 0 Å². The highest BCUT2D eigenvalue weighted by atomic mass is 32.1. The maximum absolute atomic E-state index is 5.88. The average Bonchev–Trinajstić information content (AvgIpc) is 3.47. The van der Waals surface area contributed by atoms with E-state index in [2.05, 4.69) is 62.9 Å². The van der Waals surface area contributed by atoms with E-state index in [-0.39, 0.29) is 12.1 Å². The van der Waals surface area contributed by atoms with Crippen LogP contribution >= 0.6 is 12.2 Å². The first kappa shape index (κ1) is 19.2. The summed E-state index contributed by atoms with van der Waals surface area (Å²) in [5.74, 6) is 0.953. The van der Waals surface area contributed by atoms with Crippen LogP contribution in [0.2, 0.25) is 0 Å². The molecule has 0 radical (unpaired) electrons. The molecule has 1 N–H and O–H groups in total. The molecule has 0 amide bonds. The Kier molecular flexibility index (Phi) is 5.03. The van der Waals surface area contributed by atoms with Gasteiger partial charge in [-0.1, -0.05) is 25.0 Å². The molecule has 2 atom stereocenters. The van der Waals surface area contributed by atoms with Gasteiger partial charge >= 0.3 is 0 Å². The number of aromatic nitrogens is 3. The Morgan fingerprint density at radius 1 is 1.00 bits per heavy atom. The predicted octanol–water partition coefficient (Wildman–Crippen LogP) is 4.80. The first-order chi connectivity index (χ1) is 14.6. The molecular weight excluding hydrogens is 390 g/mol. The minimum Gasteiger partial charge on any atom is -0.352 e. The van der Waals surface area contributed by atoms with Crippen LogP contribution in [-0.4, -0.2) is 30.6 Å². The van der Waals surface area contributed by atoms with Crippen LogP contribution in [0.4, 0.5) is 0 Å². The fraction of sp³-hybridized carbons (Fsp3) is 0.375. The smallest absolute Gasteiger partial charge is 0.170 e. The van der Waals surface area contributed by atoms with Crippen LogP contribution < -0.4 is 5.32 Å². The van der Waals surface area contributed by atoms with Gasteiger partial charge in [-0.3, -0.25) is 4.98 Å². The number of nitrogens with one attached hydrogen (secondary N) is 1. The molecule has 154 valence electrons. The summed E-state index contributed by atoms with van der Waals surface area (Å²) in [5.41, 5.74) is 4.73. The zero-order valence-corrected chi connectivity index (χ0v) is 18.3. The van der Waals surface area contributed by atoms with E-state index in [1.54, 1.807) is 0 Å². The summed E-state index contributed by atoms with van der Waals surface area (Å²) < 4.78 is 2.25. The largest absolute Gasteiger partial charge is 0.352 e. The second-order valence-electron chi connectivity index (χ2n) is 8.32. The van der Waals surface area contributed by atoms with E-state index in [1.807, 2.05) is 30.6 Å². The number of aryl methyl sites for hydroxylation is 1. The minimum atomic E-state index is 0.0389. The number of hydrogen-bond acceptors (Lipinski definition) is 3. The summed E-state index contributed by atoms with van der Waals surface area (Å²) in [4.78, 5) is 11.7. The normalized spacial score (nSPS) is 21.9. The summed E-state index contributed by atoms with van der Waals surface area (Å²) >= 11 is 5.88. The number of rotatable bonds is 4. The van der Waals surface area contributed by atoms with Gasteiger partial charge in [-0.2, -0.15) is 0 Å². The third kappa shape index (κ3) is 3.19. The maximum atomic E-state index is 5.88. The lowest BCUT2D eigenvalue weighted by molar-refractivity contribution is 0.245. The molecule has 0 unspecified atom stereocenters. The zero-order chi connectivity index (χ0) is 20.7. The van der Waals surface area contributed by atoms with E-state index in [1.165, 1.54) is 42.6 Å². The Morgan fingerprint density at radius 2 is 1.73 bits per heavy atom. The van der Waals surface area contributed by atoms with Gasteiger partial charge in [0, 0.05) is 29.8 Å². The molecule has 0 spiro atoms. The quantitative estimate of drug-likeness (QED) is 0.618. The van der Waals surface area contributed by atoms with E-state index in [4.69, 9.17) is 12.2 Å². The summed E-state index contributed by atoms with van der Waals surface area (Å²) in [6.07, 6.45) is 8.67. The third-order valence-corrected chi connectivity index (χ3v) is 6.85. The van der Waals surface area contributed by atoms with Gasteiger partial charge in [-0.05, 0) is 74.8 Å². The molecule has 1 aliphatic carbocycles. The number of thiocarbonyl (C=S) groups is 1. The van der Waals surface area contributed by atoms with Crippen LogP contribution in [0.15, 0.2) is 54.9 Å². The zero-order valence-electron chi connectivity index (χ0n) is 17.5. The monoisotopic (exact) mass is 417 g/mol. The second kappa shape index (κ2) is 7.84. The first-order valence-corrected chi connectivity index (χ1v) is 11.2.